The minimum Gasteiger partial charge on any atom is -0.458 e. The third-order valence-corrected chi connectivity index (χ3v) is 3.89. The van der Waals surface area contributed by atoms with Gasteiger partial charge < -0.3 is 15.4 Å². The summed E-state index contributed by atoms with van der Waals surface area (Å²) in [5.41, 5.74) is 0.949. The molecule has 1 unspecified atom stereocenters. The van der Waals surface area contributed by atoms with Crippen LogP contribution in [0.3, 0.4) is 0 Å². The predicted molar refractivity (Wildman–Crippen MR) is 93.6 cm³/mol. The van der Waals surface area contributed by atoms with E-state index >= 15 is 0 Å². The van der Waals surface area contributed by atoms with Crippen molar-refractivity contribution in [2.45, 2.75) is 13.0 Å². The van der Waals surface area contributed by atoms with Gasteiger partial charge in [0.05, 0.1) is 16.5 Å². The molecule has 0 aromatic heterocycles. The van der Waals surface area contributed by atoms with Crippen LogP contribution >= 0.6 is 23.8 Å². The zero-order chi connectivity index (χ0) is 17.9. The number of nitrogens with zero attached hydrogens (tertiary/aromatic N) is 1. The highest BCUT2D eigenvalue weighted by Gasteiger charge is 2.33. The lowest BCUT2D eigenvalue weighted by Gasteiger charge is -2.30. The molecule has 0 radical (unpaired) electrons. The maximum Gasteiger partial charge on any atom is 0.338 e. The lowest BCUT2D eigenvalue weighted by atomic mass is 9.95. The van der Waals surface area contributed by atoms with E-state index in [0.29, 0.717) is 11.3 Å². The lowest BCUT2D eigenvalue weighted by molar-refractivity contribution is -0.384. The molecular weight excluding hydrogens is 354 g/mol. The smallest absolute Gasteiger partial charge is 0.338 e. The van der Waals surface area contributed by atoms with Gasteiger partial charge in [0.1, 0.15) is 6.61 Å². The molecule has 2 N–H and O–H groups in total. The number of carbonyl (C=O) groups is 1. The van der Waals surface area contributed by atoms with Crippen LogP contribution < -0.4 is 10.6 Å². The number of nitrogens with one attached hydrogen (secondary N) is 2. The molecule has 1 aromatic carbocycles. The molecule has 1 heterocycles. The van der Waals surface area contributed by atoms with Gasteiger partial charge in [0.25, 0.3) is 5.69 Å². The number of esters is 1. The largest absolute Gasteiger partial charge is 0.458 e. The fourth-order valence-corrected chi connectivity index (χ4v) is 2.77. The van der Waals surface area contributed by atoms with E-state index in [0.717, 1.165) is 0 Å². The normalized spacial score (nSPS) is 16.9. The van der Waals surface area contributed by atoms with Crippen LogP contribution in [0.5, 0.6) is 0 Å². The highest BCUT2D eigenvalue weighted by molar-refractivity contribution is 7.80. The van der Waals surface area contributed by atoms with Crippen LogP contribution in [0.4, 0.5) is 5.69 Å². The van der Waals surface area contributed by atoms with E-state index in [1.807, 2.05) is 0 Å². The molecule has 0 aliphatic carbocycles. The van der Waals surface area contributed by atoms with Gasteiger partial charge in [0.15, 0.2) is 5.11 Å². The highest BCUT2D eigenvalue weighted by atomic mass is 35.5. The molecule has 1 aliphatic rings. The van der Waals surface area contributed by atoms with Crippen molar-refractivity contribution in [2.75, 3.05) is 6.61 Å². The first-order chi connectivity index (χ1) is 11.3. The van der Waals surface area contributed by atoms with Crippen molar-refractivity contribution in [3.63, 3.8) is 0 Å². The molecule has 0 amide bonds. The van der Waals surface area contributed by atoms with Crippen LogP contribution in [0, 0.1) is 10.1 Å². The average molecular weight is 368 g/mol. The zero-order valence-electron chi connectivity index (χ0n) is 12.7. The van der Waals surface area contributed by atoms with Crippen LogP contribution in [-0.4, -0.2) is 22.6 Å². The van der Waals surface area contributed by atoms with E-state index in [4.69, 9.17) is 28.6 Å². The van der Waals surface area contributed by atoms with Crippen molar-refractivity contribution >= 4 is 40.6 Å². The Labute approximate surface area is 148 Å². The van der Waals surface area contributed by atoms with Crippen LogP contribution in [0.25, 0.3) is 0 Å². The molecule has 0 saturated carbocycles. The summed E-state index contributed by atoms with van der Waals surface area (Å²) in [7, 11) is 0. The standard InChI is InChI=1S/C15H14ClN3O4S/c1-3-6-23-14(20)12-8(2)17-15(24)18-13(12)10-7-9(19(21)22)4-5-11(10)16/h3-5,7,13H,1,6H2,2H3,(H2,17,18,24). The summed E-state index contributed by atoms with van der Waals surface area (Å²) in [6.45, 7) is 5.19. The number of nitro groups is 1. The van der Waals surface area contributed by atoms with Crippen LogP contribution in [0.2, 0.25) is 5.02 Å². The molecule has 0 saturated heterocycles. The first-order valence-electron chi connectivity index (χ1n) is 6.85. The molecule has 1 aromatic rings. The summed E-state index contributed by atoms with van der Waals surface area (Å²) >= 11 is 11.3. The van der Waals surface area contributed by atoms with Crippen molar-refractivity contribution < 1.29 is 14.5 Å². The Morgan fingerprint density at radius 2 is 2.29 bits per heavy atom. The second-order valence-electron chi connectivity index (χ2n) is 4.92. The van der Waals surface area contributed by atoms with Crippen LogP contribution in [0.1, 0.15) is 18.5 Å². The second-order valence-corrected chi connectivity index (χ2v) is 5.74. The van der Waals surface area contributed by atoms with Gasteiger partial charge in [-0.25, -0.2) is 4.79 Å². The molecule has 0 spiro atoms. The molecule has 2 rings (SSSR count). The van der Waals surface area contributed by atoms with Gasteiger partial charge in [-0.15, -0.1) is 0 Å². The number of nitro benzene ring substituents is 1. The Hall–Kier alpha value is -2.45. The molecule has 0 bridgehead atoms. The Bertz CT molecular complexity index is 763. The number of carbonyl (C=O) groups excluding carboxylic acids is 1. The number of hydrogen-bond donors (Lipinski definition) is 2. The fourth-order valence-electron chi connectivity index (χ4n) is 2.28. The van der Waals surface area contributed by atoms with Crippen molar-refractivity contribution in [3.05, 3.63) is 62.8 Å². The van der Waals surface area contributed by atoms with Crippen molar-refractivity contribution in [1.82, 2.24) is 10.6 Å². The molecule has 9 heteroatoms. The Morgan fingerprint density at radius 3 is 2.92 bits per heavy atom. The molecule has 1 aliphatic heterocycles. The van der Waals surface area contributed by atoms with E-state index in [1.54, 1.807) is 6.92 Å². The monoisotopic (exact) mass is 367 g/mol. The number of benzene rings is 1. The van der Waals surface area contributed by atoms with E-state index in [9.17, 15) is 14.9 Å². The molecule has 7 nitrogen and oxygen atoms in total. The minimum atomic E-state index is -0.761. The number of rotatable bonds is 5. The van der Waals surface area contributed by atoms with Gasteiger partial charge in [0.2, 0.25) is 0 Å². The van der Waals surface area contributed by atoms with E-state index in [1.165, 1.54) is 24.3 Å². The molecule has 126 valence electrons. The summed E-state index contributed by atoms with van der Waals surface area (Å²) < 4.78 is 5.09. The number of allylic oxidation sites excluding steroid dienone is 1. The van der Waals surface area contributed by atoms with Gasteiger partial charge in [-0.05, 0) is 25.2 Å². The number of ether oxygens (including phenoxy) is 1. The Balaban J connectivity index is 2.52. The van der Waals surface area contributed by atoms with Gasteiger partial charge in [-0.1, -0.05) is 24.3 Å². The molecule has 24 heavy (non-hydrogen) atoms. The van der Waals surface area contributed by atoms with Crippen molar-refractivity contribution in [2.24, 2.45) is 0 Å². The van der Waals surface area contributed by atoms with E-state index in [2.05, 4.69) is 17.2 Å². The number of halogens is 1. The van der Waals surface area contributed by atoms with Gasteiger partial charge >= 0.3 is 5.97 Å². The lowest BCUT2D eigenvalue weighted by Crippen LogP contribution is -2.45. The highest BCUT2D eigenvalue weighted by Crippen LogP contribution is 2.34. The van der Waals surface area contributed by atoms with Crippen LogP contribution in [0.15, 0.2) is 42.1 Å². The van der Waals surface area contributed by atoms with Crippen LogP contribution in [-0.2, 0) is 9.53 Å². The Kier molecular flexibility index (Phi) is 5.53. The Morgan fingerprint density at radius 1 is 1.58 bits per heavy atom. The summed E-state index contributed by atoms with van der Waals surface area (Å²) in [4.78, 5) is 22.8. The first-order valence-corrected chi connectivity index (χ1v) is 7.64. The summed E-state index contributed by atoms with van der Waals surface area (Å²) in [5, 5.41) is 17.3. The maximum atomic E-state index is 12.4. The molecule has 0 fully saturated rings. The predicted octanol–water partition coefficient (Wildman–Crippen LogP) is 2.77. The topological polar surface area (TPSA) is 93.5 Å². The maximum absolute atomic E-state index is 12.4. The second kappa shape index (κ2) is 7.41. The van der Waals surface area contributed by atoms with Gasteiger partial charge in [-0.3, -0.25) is 10.1 Å². The van der Waals surface area contributed by atoms with E-state index in [-0.39, 0.29) is 28.0 Å². The fraction of sp³-hybridized carbons (Fsp3) is 0.200. The summed E-state index contributed by atoms with van der Waals surface area (Å²) in [5.74, 6) is -0.595. The van der Waals surface area contributed by atoms with Crippen molar-refractivity contribution in [3.8, 4) is 0 Å². The van der Waals surface area contributed by atoms with Crippen molar-refractivity contribution in [1.29, 1.82) is 0 Å². The number of thiocarbonyl (C=S) groups is 1. The molecule has 1 atom stereocenters. The van der Waals surface area contributed by atoms with E-state index < -0.39 is 16.9 Å². The SMILES string of the molecule is C=CCOC(=O)C1=C(C)NC(=S)NC1c1cc([N+](=O)[O-])ccc1Cl. The average Bonchev–Trinajstić information content (AvgIpc) is 2.52. The quantitative estimate of drug-likeness (QED) is 0.272. The third-order valence-electron chi connectivity index (χ3n) is 3.32. The first kappa shape index (κ1) is 17.9. The van der Waals surface area contributed by atoms with Gasteiger partial charge in [-0.2, -0.15) is 0 Å². The number of hydrogen-bond acceptors (Lipinski definition) is 5. The summed E-state index contributed by atoms with van der Waals surface area (Å²) in [6.07, 6.45) is 1.44. The number of non-ortho nitro benzene ring substituents is 1. The minimum absolute atomic E-state index is 0.0372. The third kappa shape index (κ3) is 3.72. The zero-order valence-corrected chi connectivity index (χ0v) is 14.2. The van der Waals surface area contributed by atoms with Gasteiger partial charge in [0, 0.05) is 28.4 Å². The molecular formula is C15H14ClN3O4S. The summed E-state index contributed by atoms with van der Waals surface area (Å²) in [6, 6.07) is 3.24.